The summed E-state index contributed by atoms with van der Waals surface area (Å²) in [6.07, 6.45) is -4.07. The maximum atomic E-state index is 11.8. The normalized spacial score (nSPS) is 13.1. The van der Waals surface area contributed by atoms with Gasteiger partial charge in [0.1, 0.15) is 6.61 Å². The van der Waals surface area contributed by atoms with Crippen LogP contribution in [0.3, 0.4) is 0 Å². The number of alkyl halides is 4. The molecule has 0 saturated heterocycles. The lowest BCUT2D eigenvalue weighted by molar-refractivity contribution is -0.904. The van der Waals surface area contributed by atoms with Crippen molar-refractivity contribution in [3.63, 3.8) is 0 Å². The molecular weight excluding hydrogens is 306 g/mol. The van der Waals surface area contributed by atoms with Gasteiger partial charge < -0.3 is 9.04 Å². The summed E-state index contributed by atoms with van der Waals surface area (Å²) in [5.41, 5.74) is 0. The van der Waals surface area contributed by atoms with Crippen molar-refractivity contribution in [2.45, 2.75) is 33.1 Å². The summed E-state index contributed by atoms with van der Waals surface area (Å²) in [4.78, 5) is 0. The Morgan fingerprint density at radius 2 is 1.50 bits per heavy atom. The summed E-state index contributed by atoms with van der Waals surface area (Å²) in [7, 11) is -3.06. The summed E-state index contributed by atoms with van der Waals surface area (Å²) in [6, 6.07) is 0. The highest BCUT2D eigenvalue weighted by atomic mass is 32.3. The van der Waals surface area contributed by atoms with E-state index in [0.29, 0.717) is 0 Å². The first-order chi connectivity index (χ1) is 8.83. The predicted octanol–water partition coefficient (Wildman–Crippen LogP) is 1.86. The Kier molecular flexibility index (Phi) is 9.56. The molecule has 0 aliphatic carbocycles. The zero-order valence-corrected chi connectivity index (χ0v) is 12.7. The van der Waals surface area contributed by atoms with Crippen molar-refractivity contribution in [1.29, 1.82) is 0 Å². The molecule has 0 radical (unpaired) electrons. The maximum Gasteiger partial charge on any atom is 0.331 e. The summed E-state index contributed by atoms with van der Waals surface area (Å²) < 4.78 is 78.9. The van der Waals surface area contributed by atoms with E-state index in [2.05, 4.69) is 32.0 Å². The van der Waals surface area contributed by atoms with E-state index in [-0.39, 0.29) is 0 Å². The average Bonchev–Trinajstić information content (AvgIpc) is 2.35. The zero-order valence-electron chi connectivity index (χ0n) is 11.9. The van der Waals surface area contributed by atoms with Gasteiger partial charge in [0.05, 0.1) is 26.7 Å². The minimum absolute atomic E-state index is 1.21. The van der Waals surface area contributed by atoms with E-state index in [0.717, 1.165) is 0 Å². The molecule has 0 aromatic heterocycles. The van der Waals surface area contributed by atoms with Crippen LogP contribution in [0, 0.1) is 0 Å². The summed E-state index contributed by atoms with van der Waals surface area (Å²) >= 11 is 0. The van der Waals surface area contributed by atoms with Crippen LogP contribution in [0.1, 0.15) is 20.8 Å². The molecular formula is C10H21F4NO4S. The van der Waals surface area contributed by atoms with E-state index < -0.39 is 29.4 Å². The summed E-state index contributed by atoms with van der Waals surface area (Å²) in [5, 5.41) is 0. The van der Waals surface area contributed by atoms with Crippen LogP contribution >= 0.6 is 0 Å². The van der Waals surface area contributed by atoms with E-state index in [1.807, 2.05) is 0 Å². The third-order valence-electron chi connectivity index (χ3n) is 3.01. The first-order valence-electron chi connectivity index (χ1n) is 5.93. The Bertz CT molecular complexity index is 350. The topological polar surface area (TPSA) is 66.4 Å². The zero-order chi connectivity index (χ0) is 16.6. The Hall–Kier alpha value is -0.450. The van der Waals surface area contributed by atoms with Crippen LogP contribution in [0.25, 0.3) is 0 Å². The SMILES string of the molecule is CC[N+](C)(CC)CC.O=S(=O)([O-])OCC(F)(F)C(F)F. The Labute approximate surface area is 117 Å². The molecule has 0 rings (SSSR count). The molecule has 0 atom stereocenters. The number of hydrogen-bond acceptors (Lipinski definition) is 4. The Balaban J connectivity index is 0. The second kappa shape index (κ2) is 8.75. The molecule has 0 N–H and O–H groups in total. The lowest BCUT2D eigenvalue weighted by atomic mass is 10.4. The molecule has 0 heterocycles. The van der Waals surface area contributed by atoms with E-state index in [1.165, 1.54) is 24.1 Å². The molecule has 0 unspecified atom stereocenters. The van der Waals surface area contributed by atoms with Crippen LogP contribution in [0.2, 0.25) is 0 Å². The minimum atomic E-state index is -5.35. The number of hydrogen-bond donors (Lipinski definition) is 0. The van der Waals surface area contributed by atoms with Crippen LogP contribution in [0.4, 0.5) is 17.6 Å². The van der Waals surface area contributed by atoms with Gasteiger partial charge in [-0.1, -0.05) is 0 Å². The second-order valence-corrected chi connectivity index (χ2v) is 5.35. The molecule has 0 aromatic carbocycles. The third-order valence-corrected chi connectivity index (χ3v) is 3.41. The number of rotatable bonds is 7. The maximum absolute atomic E-state index is 11.8. The fraction of sp³-hybridized carbons (Fsp3) is 1.00. The van der Waals surface area contributed by atoms with Crippen LogP contribution in [0.5, 0.6) is 0 Å². The van der Waals surface area contributed by atoms with Crippen molar-refractivity contribution in [3.05, 3.63) is 0 Å². The van der Waals surface area contributed by atoms with Gasteiger partial charge in [-0.15, -0.1) is 0 Å². The van der Waals surface area contributed by atoms with Gasteiger partial charge in [0.15, 0.2) is 0 Å². The Morgan fingerprint density at radius 1 is 1.15 bits per heavy atom. The van der Waals surface area contributed by atoms with Crippen molar-refractivity contribution in [1.82, 2.24) is 0 Å². The fourth-order valence-corrected chi connectivity index (χ4v) is 1.19. The average molecular weight is 327 g/mol. The van der Waals surface area contributed by atoms with Gasteiger partial charge in [-0.3, -0.25) is 4.18 Å². The van der Waals surface area contributed by atoms with Gasteiger partial charge in [0, 0.05) is 0 Å². The van der Waals surface area contributed by atoms with Gasteiger partial charge in [-0.25, -0.2) is 17.2 Å². The fourth-order valence-electron chi connectivity index (χ4n) is 0.885. The van der Waals surface area contributed by atoms with Gasteiger partial charge in [0.2, 0.25) is 10.4 Å². The third kappa shape index (κ3) is 10.4. The standard InChI is InChI=1S/C7H18N.C3H4F4O4S/c1-5-8(4,6-2)7-3;4-2(5)3(6,7)1-11-12(8,9)10/h5-7H2,1-4H3;2H,1H2,(H,8,9,10)/q+1;/p-1. The minimum Gasteiger partial charge on any atom is -0.726 e. The molecule has 0 amide bonds. The molecule has 0 bridgehead atoms. The molecule has 0 aliphatic heterocycles. The van der Waals surface area contributed by atoms with Crippen molar-refractivity contribution in [2.24, 2.45) is 0 Å². The highest BCUT2D eigenvalue weighted by molar-refractivity contribution is 7.80. The molecule has 5 nitrogen and oxygen atoms in total. The van der Waals surface area contributed by atoms with E-state index in [1.54, 1.807) is 0 Å². The summed E-state index contributed by atoms with van der Waals surface area (Å²) in [6.45, 7) is 8.36. The first-order valence-corrected chi connectivity index (χ1v) is 7.26. The molecule has 20 heavy (non-hydrogen) atoms. The predicted molar refractivity (Wildman–Crippen MR) is 64.4 cm³/mol. The highest BCUT2D eigenvalue weighted by Gasteiger charge is 2.41. The quantitative estimate of drug-likeness (QED) is 0.310. The molecule has 0 saturated carbocycles. The molecule has 0 fully saturated rings. The molecule has 10 heteroatoms. The van der Waals surface area contributed by atoms with Crippen molar-refractivity contribution in [3.8, 4) is 0 Å². The van der Waals surface area contributed by atoms with Crippen molar-refractivity contribution >= 4 is 10.4 Å². The Morgan fingerprint density at radius 3 is 1.65 bits per heavy atom. The second-order valence-electron chi connectivity index (χ2n) is 4.30. The molecule has 0 aliphatic rings. The molecule has 0 aromatic rings. The lowest BCUT2D eigenvalue weighted by Gasteiger charge is -2.30. The number of nitrogens with zero attached hydrogens (tertiary/aromatic N) is 1. The van der Waals surface area contributed by atoms with Gasteiger partial charge in [0.25, 0.3) is 0 Å². The molecule has 124 valence electrons. The highest BCUT2D eigenvalue weighted by Crippen LogP contribution is 2.23. The van der Waals surface area contributed by atoms with Crippen molar-refractivity contribution in [2.75, 3.05) is 33.3 Å². The van der Waals surface area contributed by atoms with Crippen LogP contribution in [-0.4, -0.2) is 63.1 Å². The molecule has 0 spiro atoms. The van der Waals surface area contributed by atoms with E-state index >= 15 is 0 Å². The van der Waals surface area contributed by atoms with Gasteiger partial charge in [-0.2, -0.15) is 8.78 Å². The number of halogens is 4. The number of quaternary nitrogens is 1. The van der Waals surface area contributed by atoms with Crippen LogP contribution in [-0.2, 0) is 14.6 Å². The van der Waals surface area contributed by atoms with E-state index in [4.69, 9.17) is 0 Å². The van der Waals surface area contributed by atoms with Crippen LogP contribution < -0.4 is 0 Å². The van der Waals surface area contributed by atoms with Crippen molar-refractivity contribution < 1.29 is 39.2 Å². The largest absolute Gasteiger partial charge is 0.726 e. The first kappa shape index (κ1) is 21.8. The lowest BCUT2D eigenvalue weighted by Crippen LogP contribution is -2.42. The smallest absolute Gasteiger partial charge is 0.331 e. The summed E-state index contributed by atoms with van der Waals surface area (Å²) in [5.74, 6) is -4.63. The van der Waals surface area contributed by atoms with Gasteiger partial charge in [-0.05, 0) is 20.8 Å². The van der Waals surface area contributed by atoms with Gasteiger partial charge >= 0.3 is 12.3 Å². The van der Waals surface area contributed by atoms with Crippen LogP contribution in [0.15, 0.2) is 0 Å². The monoisotopic (exact) mass is 327 g/mol. The van der Waals surface area contributed by atoms with E-state index in [9.17, 15) is 30.5 Å².